The molecule has 14 heavy (non-hydrogen) atoms. The summed E-state index contributed by atoms with van der Waals surface area (Å²) in [6.07, 6.45) is 3.22. The summed E-state index contributed by atoms with van der Waals surface area (Å²) in [5, 5.41) is 11.7. The second-order valence-electron chi connectivity index (χ2n) is 4.28. The summed E-state index contributed by atoms with van der Waals surface area (Å²) in [5.74, 6) is 0.703. The van der Waals surface area contributed by atoms with Crippen LogP contribution < -0.4 is 5.32 Å². The molecule has 3 nitrogen and oxygen atoms in total. The van der Waals surface area contributed by atoms with Gasteiger partial charge in [0, 0.05) is 42.3 Å². The van der Waals surface area contributed by atoms with Gasteiger partial charge in [-0.1, -0.05) is 13.8 Å². The lowest BCUT2D eigenvalue weighted by molar-refractivity contribution is 0.322. The molecule has 0 saturated carbocycles. The molecule has 0 heterocycles. The van der Waals surface area contributed by atoms with Gasteiger partial charge in [-0.2, -0.15) is 5.26 Å². The summed E-state index contributed by atoms with van der Waals surface area (Å²) in [5.41, 5.74) is 0.158. The van der Waals surface area contributed by atoms with Crippen molar-refractivity contribution in [3.05, 3.63) is 0 Å². The molecule has 0 aliphatic rings. The van der Waals surface area contributed by atoms with Crippen molar-refractivity contribution in [3.63, 3.8) is 0 Å². The maximum Gasteiger partial charge on any atom is 0.0621 e. The van der Waals surface area contributed by atoms with Gasteiger partial charge in [0.1, 0.15) is 0 Å². The van der Waals surface area contributed by atoms with Crippen LogP contribution in [0.3, 0.4) is 0 Å². The first-order valence-electron chi connectivity index (χ1n) is 4.85. The maximum atomic E-state index is 10.8. The molecule has 4 heteroatoms. The highest BCUT2D eigenvalue weighted by molar-refractivity contribution is 7.84. The average Bonchev–Trinajstić information content (AvgIpc) is 2.09. The molecule has 0 aliphatic carbocycles. The topological polar surface area (TPSA) is 52.9 Å². The molecular weight excluding hydrogens is 196 g/mol. The standard InChI is InChI=1S/C10H20N2OS/c1-10(2,5-4-6-11)9-12-7-8-14(3)13/h12H,4-5,7-9H2,1-3H3. The Morgan fingerprint density at radius 2 is 2.14 bits per heavy atom. The Morgan fingerprint density at radius 1 is 1.50 bits per heavy atom. The molecule has 0 spiro atoms. The monoisotopic (exact) mass is 216 g/mol. The van der Waals surface area contributed by atoms with Gasteiger partial charge in [-0.05, 0) is 11.8 Å². The number of hydrogen-bond donors (Lipinski definition) is 1. The van der Waals surface area contributed by atoms with Gasteiger partial charge in [0.2, 0.25) is 0 Å². The van der Waals surface area contributed by atoms with E-state index in [1.54, 1.807) is 6.26 Å². The highest BCUT2D eigenvalue weighted by Crippen LogP contribution is 2.20. The lowest BCUT2D eigenvalue weighted by Gasteiger charge is -2.23. The molecule has 0 saturated heterocycles. The van der Waals surface area contributed by atoms with Gasteiger partial charge in [-0.15, -0.1) is 0 Å². The Kier molecular flexibility index (Phi) is 6.77. The van der Waals surface area contributed by atoms with Crippen molar-refractivity contribution < 1.29 is 4.21 Å². The first kappa shape index (κ1) is 13.6. The summed E-state index contributed by atoms with van der Waals surface area (Å²) in [4.78, 5) is 0. The van der Waals surface area contributed by atoms with Crippen molar-refractivity contribution in [2.45, 2.75) is 26.7 Å². The fraction of sp³-hybridized carbons (Fsp3) is 0.900. The Balaban J connectivity index is 3.55. The maximum absolute atomic E-state index is 10.8. The normalized spacial score (nSPS) is 13.6. The van der Waals surface area contributed by atoms with Gasteiger partial charge in [0.15, 0.2) is 0 Å². The minimum Gasteiger partial charge on any atom is -0.315 e. The van der Waals surface area contributed by atoms with Gasteiger partial charge >= 0.3 is 0 Å². The Hall–Kier alpha value is -0.400. The zero-order valence-electron chi connectivity index (χ0n) is 9.30. The van der Waals surface area contributed by atoms with Crippen LogP contribution in [0.25, 0.3) is 0 Å². The first-order valence-corrected chi connectivity index (χ1v) is 6.58. The van der Waals surface area contributed by atoms with E-state index in [1.165, 1.54) is 0 Å². The summed E-state index contributed by atoms with van der Waals surface area (Å²) in [6.45, 7) is 5.95. The van der Waals surface area contributed by atoms with Crippen LogP contribution in [0.5, 0.6) is 0 Å². The molecule has 0 aromatic rings. The van der Waals surface area contributed by atoms with Crippen LogP contribution in [0.4, 0.5) is 0 Å². The molecule has 82 valence electrons. The second kappa shape index (κ2) is 6.97. The number of nitriles is 1. The van der Waals surface area contributed by atoms with E-state index in [4.69, 9.17) is 5.26 Å². The lowest BCUT2D eigenvalue weighted by Crippen LogP contribution is -2.31. The minimum atomic E-state index is -0.714. The fourth-order valence-electron chi connectivity index (χ4n) is 1.13. The number of hydrogen-bond acceptors (Lipinski definition) is 3. The molecule has 0 aliphatic heterocycles. The lowest BCUT2D eigenvalue weighted by atomic mass is 9.88. The van der Waals surface area contributed by atoms with Crippen LogP contribution in [0, 0.1) is 16.7 Å². The van der Waals surface area contributed by atoms with E-state index >= 15 is 0 Å². The van der Waals surface area contributed by atoms with Gasteiger partial charge in [-0.3, -0.25) is 4.21 Å². The molecule has 0 fully saturated rings. The van der Waals surface area contributed by atoms with Crippen molar-refractivity contribution in [2.75, 3.05) is 25.1 Å². The highest BCUT2D eigenvalue weighted by Gasteiger charge is 2.16. The third kappa shape index (κ3) is 8.21. The van der Waals surface area contributed by atoms with Crippen LogP contribution >= 0.6 is 0 Å². The summed E-state index contributed by atoms with van der Waals surface area (Å²) in [6, 6.07) is 2.16. The predicted octanol–water partition coefficient (Wildman–Crippen LogP) is 1.28. The zero-order chi connectivity index (χ0) is 11.0. The molecule has 1 N–H and O–H groups in total. The molecule has 0 amide bonds. The van der Waals surface area contributed by atoms with E-state index in [2.05, 4.69) is 25.2 Å². The minimum absolute atomic E-state index is 0.158. The average molecular weight is 216 g/mol. The van der Waals surface area contributed by atoms with Crippen LogP contribution in [0.15, 0.2) is 0 Å². The molecule has 0 bridgehead atoms. The van der Waals surface area contributed by atoms with E-state index in [0.717, 1.165) is 19.5 Å². The van der Waals surface area contributed by atoms with Crippen molar-refractivity contribution >= 4 is 10.8 Å². The third-order valence-electron chi connectivity index (χ3n) is 2.08. The highest BCUT2D eigenvalue weighted by atomic mass is 32.2. The number of nitrogens with zero attached hydrogens (tertiary/aromatic N) is 1. The van der Waals surface area contributed by atoms with Gasteiger partial charge in [0.25, 0.3) is 0 Å². The van der Waals surface area contributed by atoms with E-state index < -0.39 is 10.8 Å². The Bertz CT molecular complexity index is 221. The van der Waals surface area contributed by atoms with E-state index in [0.29, 0.717) is 12.2 Å². The van der Waals surface area contributed by atoms with E-state index in [9.17, 15) is 4.21 Å². The molecule has 0 rings (SSSR count). The van der Waals surface area contributed by atoms with Crippen molar-refractivity contribution in [3.8, 4) is 6.07 Å². The van der Waals surface area contributed by atoms with Crippen molar-refractivity contribution in [2.24, 2.45) is 5.41 Å². The SMILES string of the molecule is CS(=O)CCNCC(C)(C)CCC#N. The quantitative estimate of drug-likeness (QED) is 0.652. The second-order valence-corrected chi connectivity index (χ2v) is 5.83. The summed E-state index contributed by atoms with van der Waals surface area (Å²) < 4.78 is 10.8. The first-order chi connectivity index (χ1) is 6.48. The summed E-state index contributed by atoms with van der Waals surface area (Å²) in [7, 11) is -0.714. The molecule has 0 aromatic carbocycles. The molecule has 1 atom stereocenters. The molecule has 1 unspecified atom stereocenters. The molecular formula is C10H20N2OS. The predicted molar refractivity (Wildman–Crippen MR) is 60.4 cm³/mol. The van der Waals surface area contributed by atoms with Gasteiger partial charge < -0.3 is 5.32 Å². The van der Waals surface area contributed by atoms with E-state index in [1.807, 2.05) is 0 Å². The smallest absolute Gasteiger partial charge is 0.0621 e. The van der Waals surface area contributed by atoms with Crippen LogP contribution in [-0.4, -0.2) is 29.3 Å². The van der Waals surface area contributed by atoms with Crippen molar-refractivity contribution in [1.29, 1.82) is 5.26 Å². The van der Waals surface area contributed by atoms with Crippen molar-refractivity contribution in [1.82, 2.24) is 5.32 Å². The van der Waals surface area contributed by atoms with E-state index in [-0.39, 0.29) is 5.41 Å². The summed E-state index contributed by atoms with van der Waals surface area (Å²) >= 11 is 0. The number of rotatable bonds is 7. The Morgan fingerprint density at radius 3 is 2.64 bits per heavy atom. The largest absolute Gasteiger partial charge is 0.315 e. The van der Waals surface area contributed by atoms with Gasteiger partial charge in [0.05, 0.1) is 6.07 Å². The van der Waals surface area contributed by atoms with Crippen LogP contribution in [0.2, 0.25) is 0 Å². The molecule has 0 radical (unpaired) electrons. The van der Waals surface area contributed by atoms with Crippen LogP contribution in [-0.2, 0) is 10.8 Å². The third-order valence-corrected chi connectivity index (χ3v) is 2.86. The zero-order valence-corrected chi connectivity index (χ0v) is 10.1. The fourth-order valence-corrected chi connectivity index (χ4v) is 1.56. The molecule has 0 aromatic heterocycles. The van der Waals surface area contributed by atoms with Crippen LogP contribution in [0.1, 0.15) is 26.7 Å². The number of nitrogens with one attached hydrogen (secondary N) is 1. The van der Waals surface area contributed by atoms with Gasteiger partial charge in [-0.25, -0.2) is 0 Å². The Labute approximate surface area is 89.3 Å².